The topological polar surface area (TPSA) is 93.8 Å². The lowest BCUT2D eigenvalue weighted by molar-refractivity contribution is 0.432. The van der Waals surface area contributed by atoms with Crippen LogP contribution in [0.15, 0.2) is 80.8 Å². The number of H-pyrrole nitrogens is 1. The van der Waals surface area contributed by atoms with Crippen LogP contribution in [-0.2, 0) is 6.54 Å². The Labute approximate surface area is 180 Å². The molecule has 3 aromatic carbocycles. The van der Waals surface area contributed by atoms with E-state index in [4.69, 9.17) is 4.52 Å². The van der Waals surface area contributed by atoms with Crippen LogP contribution in [0.5, 0.6) is 0 Å². The van der Waals surface area contributed by atoms with E-state index in [0.29, 0.717) is 22.3 Å². The number of fused-ring (bicyclic) bond motifs is 1. The fraction of sp³-hybridized carbons (Fsp3) is 0.0833. The first-order valence-electron chi connectivity index (χ1n) is 9.91. The Balaban J connectivity index is 1.54. The molecule has 8 heteroatoms. The van der Waals surface area contributed by atoms with Crippen LogP contribution in [-0.4, -0.2) is 19.7 Å². The van der Waals surface area contributed by atoms with Crippen molar-refractivity contribution in [3.05, 3.63) is 105 Å². The molecule has 0 aliphatic rings. The van der Waals surface area contributed by atoms with Gasteiger partial charge < -0.3 is 9.51 Å². The summed E-state index contributed by atoms with van der Waals surface area (Å²) in [6.45, 7) is 1.81. The summed E-state index contributed by atoms with van der Waals surface area (Å²) in [5.74, 6) is 0.229. The van der Waals surface area contributed by atoms with Gasteiger partial charge in [0.05, 0.1) is 17.4 Å². The third kappa shape index (κ3) is 3.51. The second kappa shape index (κ2) is 7.73. The summed E-state index contributed by atoms with van der Waals surface area (Å²) < 4.78 is 20.4. The van der Waals surface area contributed by atoms with Crippen molar-refractivity contribution in [2.75, 3.05) is 0 Å². The van der Waals surface area contributed by atoms with Gasteiger partial charge in [0, 0.05) is 16.7 Å². The molecule has 2 heterocycles. The number of hydrogen-bond donors (Lipinski definition) is 1. The van der Waals surface area contributed by atoms with Gasteiger partial charge in [-0.25, -0.2) is 9.18 Å². The fourth-order valence-electron chi connectivity index (χ4n) is 3.57. The Bertz CT molecular complexity index is 1580. The predicted octanol–water partition coefficient (Wildman–Crippen LogP) is 3.90. The van der Waals surface area contributed by atoms with Crippen molar-refractivity contribution in [1.82, 2.24) is 19.7 Å². The van der Waals surface area contributed by atoms with Crippen LogP contribution in [0.2, 0.25) is 0 Å². The second-order valence-corrected chi connectivity index (χ2v) is 7.47. The molecule has 0 aliphatic heterocycles. The Hall–Kier alpha value is -4.33. The SMILES string of the molecule is Cc1cccc(-c2noc(-c3ccc4c(=O)n(Cc5ccccc5F)c(=O)[nH]c4c3)n2)c1. The molecule has 2 aromatic heterocycles. The van der Waals surface area contributed by atoms with E-state index in [9.17, 15) is 14.0 Å². The Morgan fingerprint density at radius 1 is 1.00 bits per heavy atom. The number of aryl methyl sites for hydroxylation is 1. The molecule has 0 aliphatic carbocycles. The van der Waals surface area contributed by atoms with Crippen molar-refractivity contribution in [3.8, 4) is 22.8 Å². The molecule has 0 spiro atoms. The fourth-order valence-corrected chi connectivity index (χ4v) is 3.57. The maximum absolute atomic E-state index is 14.0. The maximum atomic E-state index is 14.0. The molecule has 0 unspecified atom stereocenters. The van der Waals surface area contributed by atoms with Gasteiger partial charge in [-0.2, -0.15) is 4.98 Å². The number of hydrogen-bond acceptors (Lipinski definition) is 5. The van der Waals surface area contributed by atoms with Gasteiger partial charge in [0.25, 0.3) is 11.4 Å². The number of benzene rings is 3. The molecule has 32 heavy (non-hydrogen) atoms. The van der Waals surface area contributed by atoms with E-state index in [1.807, 2.05) is 31.2 Å². The molecule has 5 aromatic rings. The highest BCUT2D eigenvalue weighted by molar-refractivity contribution is 5.82. The van der Waals surface area contributed by atoms with E-state index in [-0.39, 0.29) is 18.0 Å². The van der Waals surface area contributed by atoms with Crippen molar-refractivity contribution in [3.63, 3.8) is 0 Å². The van der Waals surface area contributed by atoms with Gasteiger partial charge in [-0.3, -0.25) is 9.36 Å². The zero-order chi connectivity index (χ0) is 22.2. The highest BCUT2D eigenvalue weighted by Gasteiger charge is 2.14. The minimum absolute atomic E-state index is 0.165. The number of rotatable bonds is 4. The average molecular weight is 428 g/mol. The van der Waals surface area contributed by atoms with Crippen LogP contribution in [0.25, 0.3) is 33.7 Å². The smallest absolute Gasteiger partial charge is 0.329 e. The van der Waals surface area contributed by atoms with E-state index in [2.05, 4.69) is 15.1 Å². The summed E-state index contributed by atoms with van der Waals surface area (Å²) in [5, 5.41) is 4.32. The number of nitrogens with one attached hydrogen (secondary N) is 1. The van der Waals surface area contributed by atoms with E-state index in [1.54, 1.807) is 30.3 Å². The molecule has 5 rings (SSSR count). The molecule has 0 atom stereocenters. The van der Waals surface area contributed by atoms with Gasteiger partial charge in [0.15, 0.2) is 0 Å². The third-order valence-electron chi connectivity index (χ3n) is 5.22. The predicted molar refractivity (Wildman–Crippen MR) is 118 cm³/mol. The third-order valence-corrected chi connectivity index (χ3v) is 5.22. The monoisotopic (exact) mass is 428 g/mol. The number of aromatic amines is 1. The first kappa shape index (κ1) is 19.6. The van der Waals surface area contributed by atoms with Crippen LogP contribution in [0.4, 0.5) is 4.39 Å². The van der Waals surface area contributed by atoms with Crippen molar-refractivity contribution in [2.24, 2.45) is 0 Å². The van der Waals surface area contributed by atoms with Crippen molar-refractivity contribution < 1.29 is 8.91 Å². The standard InChI is InChI=1S/C24H17FN4O3/c1-14-5-4-7-15(11-14)21-27-22(32-28-21)16-9-10-18-20(12-16)26-24(31)29(23(18)30)13-17-6-2-3-8-19(17)25/h2-12H,13H2,1H3,(H,26,31). The highest BCUT2D eigenvalue weighted by atomic mass is 19.1. The second-order valence-electron chi connectivity index (χ2n) is 7.47. The number of aromatic nitrogens is 4. The molecule has 0 saturated carbocycles. The van der Waals surface area contributed by atoms with Gasteiger partial charge in [-0.1, -0.05) is 47.1 Å². The van der Waals surface area contributed by atoms with Crippen LogP contribution in [0, 0.1) is 12.7 Å². The Morgan fingerprint density at radius 3 is 2.66 bits per heavy atom. The van der Waals surface area contributed by atoms with Crippen LogP contribution in [0.1, 0.15) is 11.1 Å². The zero-order valence-electron chi connectivity index (χ0n) is 17.0. The van der Waals surface area contributed by atoms with Gasteiger partial charge in [0.2, 0.25) is 5.82 Å². The minimum Gasteiger partial charge on any atom is -0.334 e. The number of nitrogens with zero attached hydrogens (tertiary/aromatic N) is 3. The van der Waals surface area contributed by atoms with Crippen molar-refractivity contribution in [1.29, 1.82) is 0 Å². The Morgan fingerprint density at radius 2 is 1.84 bits per heavy atom. The van der Waals surface area contributed by atoms with Gasteiger partial charge in [-0.05, 0) is 37.3 Å². The quantitative estimate of drug-likeness (QED) is 0.469. The summed E-state index contributed by atoms with van der Waals surface area (Å²) in [4.78, 5) is 32.6. The van der Waals surface area contributed by atoms with Gasteiger partial charge >= 0.3 is 5.69 Å². The molecule has 0 fully saturated rings. The maximum Gasteiger partial charge on any atom is 0.329 e. The summed E-state index contributed by atoms with van der Waals surface area (Å²) >= 11 is 0. The van der Waals surface area contributed by atoms with E-state index in [1.165, 1.54) is 12.1 Å². The minimum atomic E-state index is -0.631. The molecule has 1 N–H and O–H groups in total. The normalized spacial score (nSPS) is 11.2. The summed E-state index contributed by atoms with van der Waals surface area (Å²) in [7, 11) is 0. The van der Waals surface area contributed by atoms with Gasteiger partial charge in [-0.15, -0.1) is 0 Å². The summed E-state index contributed by atoms with van der Waals surface area (Å²) in [6, 6.07) is 18.6. The van der Waals surface area contributed by atoms with Crippen LogP contribution in [0.3, 0.4) is 0 Å². The summed E-state index contributed by atoms with van der Waals surface area (Å²) in [5.41, 5.74) is 1.90. The highest BCUT2D eigenvalue weighted by Crippen LogP contribution is 2.24. The van der Waals surface area contributed by atoms with Crippen LogP contribution >= 0.6 is 0 Å². The van der Waals surface area contributed by atoms with E-state index in [0.717, 1.165) is 15.7 Å². The lowest BCUT2D eigenvalue weighted by Crippen LogP contribution is -2.35. The molecule has 0 amide bonds. The first-order chi connectivity index (χ1) is 15.5. The van der Waals surface area contributed by atoms with E-state index >= 15 is 0 Å². The lowest BCUT2D eigenvalue weighted by atomic mass is 10.1. The van der Waals surface area contributed by atoms with E-state index < -0.39 is 17.1 Å². The lowest BCUT2D eigenvalue weighted by Gasteiger charge is -2.08. The molecular formula is C24H17FN4O3. The molecule has 0 bridgehead atoms. The number of halogens is 1. The molecular weight excluding hydrogens is 411 g/mol. The molecule has 0 saturated heterocycles. The van der Waals surface area contributed by atoms with Crippen LogP contribution < -0.4 is 11.2 Å². The van der Waals surface area contributed by atoms with Crippen molar-refractivity contribution >= 4 is 10.9 Å². The van der Waals surface area contributed by atoms with Gasteiger partial charge in [0.1, 0.15) is 5.82 Å². The molecule has 0 radical (unpaired) electrons. The molecule has 158 valence electrons. The summed E-state index contributed by atoms with van der Waals surface area (Å²) in [6.07, 6.45) is 0. The first-order valence-corrected chi connectivity index (χ1v) is 9.91. The largest absolute Gasteiger partial charge is 0.334 e. The van der Waals surface area contributed by atoms with Crippen molar-refractivity contribution in [2.45, 2.75) is 13.5 Å². The average Bonchev–Trinajstić information content (AvgIpc) is 3.28. The zero-order valence-corrected chi connectivity index (χ0v) is 17.0. The Kier molecular flexibility index (Phi) is 4.74. The molecule has 7 nitrogen and oxygen atoms in total.